The van der Waals surface area contributed by atoms with Crippen molar-refractivity contribution in [2.24, 2.45) is 0 Å². The molecule has 1 amide bonds. The summed E-state index contributed by atoms with van der Waals surface area (Å²) in [5, 5.41) is 9.70. The van der Waals surface area contributed by atoms with Gasteiger partial charge in [0.05, 0.1) is 17.9 Å². The Bertz CT molecular complexity index is 588. The van der Waals surface area contributed by atoms with Crippen molar-refractivity contribution in [3.63, 3.8) is 0 Å². The van der Waals surface area contributed by atoms with Crippen molar-refractivity contribution in [2.45, 2.75) is 39.7 Å². The maximum atomic E-state index is 12.1. The van der Waals surface area contributed by atoms with Crippen LogP contribution in [0.15, 0.2) is 12.1 Å². The minimum Gasteiger partial charge on any atom is -0.395 e. The topological polar surface area (TPSA) is 83.8 Å². The van der Waals surface area contributed by atoms with Crippen LogP contribution in [0.3, 0.4) is 0 Å². The van der Waals surface area contributed by atoms with Crippen LogP contribution >= 0.6 is 11.3 Å². The molecule has 0 atom stereocenters. The summed E-state index contributed by atoms with van der Waals surface area (Å²) in [6.07, 6.45) is 2.78. The number of nitrogen functional groups attached to an aromatic ring is 1. The number of hydrogen-bond acceptors (Lipinski definition) is 4. The van der Waals surface area contributed by atoms with Crippen LogP contribution in [0, 0.1) is 0 Å². The first-order valence-electron chi connectivity index (χ1n) is 6.84. The van der Waals surface area contributed by atoms with Crippen LogP contribution in [-0.2, 0) is 19.4 Å². The van der Waals surface area contributed by atoms with E-state index in [2.05, 4.69) is 35.4 Å². The minimum atomic E-state index is -0.229. The van der Waals surface area contributed by atoms with Crippen LogP contribution < -0.4 is 11.1 Å². The first-order valence-corrected chi connectivity index (χ1v) is 7.65. The van der Waals surface area contributed by atoms with Gasteiger partial charge in [-0.15, -0.1) is 11.3 Å². The summed E-state index contributed by atoms with van der Waals surface area (Å²) in [4.78, 5) is 14.5. The highest BCUT2D eigenvalue weighted by Crippen LogP contribution is 2.18. The molecule has 20 heavy (non-hydrogen) atoms. The van der Waals surface area contributed by atoms with E-state index in [9.17, 15) is 4.79 Å². The molecule has 0 aliphatic carbocycles. The van der Waals surface area contributed by atoms with Gasteiger partial charge >= 0.3 is 0 Å². The molecule has 0 bridgehead atoms. The Hall–Kier alpha value is -1.82. The normalized spacial score (nSPS) is 10.7. The number of thiophene rings is 1. The first-order chi connectivity index (χ1) is 9.65. The largest absolute Gasteiger partial charge is 0.395 e. The van der Waals surface area contributed by atoms with Gasteiger partial charge in [-0.2, -0.15) is 5.10 Å². The number of nitrogens with zero attached hydrogens (tertiary/aromatic N) is 1. The van der Waals surface area contributed by atoms with Crippen molar-refractivity contribution < 1.29 is 4.79 Å². The third-order valence-corrected chi connectivity index (χ3v) is 4.32. The zero-order valence-electron chi connectivity index (χ0n) is 11.8. The highest BCUT2D eigenvalue weighted by Gasteiger charge is 2.16. The van der Waals surface area contributed by atoms with Gasteiger partial charge in [0.2, 0.25) is 0 Å². The predicted octanol–water partition coefficient (Wildman–Crippen LogP) is 2.50. The van der Waals surface area contributed by atoms with Gasteiger partial charge in [-0.3, -0.25) is 9.89 Å². The minimum absolute atomic E-state index is 0.229. The molecule has 0 fully saturated rings. The Morgan fingerprint density at radius 1 is 1.40 bits per heavy atom. The molecule has 2 aromatic rings. The number of aromatic amines is 1. The molecule has 2 heterocycles. The van der Waals surface area contributed by atoms with Crippen LogP contribution in [0.5, 0.6) is 0 Å². The van der Waals surface area contributed by atoms with E-state index in [0.717, 1.165) is 29.8 Å². The molecule has 108 valence electrons. The van der Waals surface area contributed by atoms with Crippen LogP contribution in [0.4, 0.5) is 5.69 Å². The van der Waals surface area contributed by atoms with Gasteiger partial charge in [-0.1, -0.05) is 20.3 Å². The van der Waals surface area contributed by atoms with E-state index >= 15 is 0 Å². The molecule has 0 aromatic carbocycles. The molecular weight excluding hydrogens is 272 g/mol. The van der Waals surface area contributed by atoms with Crippen molar-refractivity contribution in [2.75, 3.05) is 5.73 Å². The zero-order chi connectivity index (χ0) is 14.5. The van der Waals surface area contributed by atoms with E-state index < -0.39 is 0 Å². The van der Waals surface area contributed by atoms with Crippen LogP contribution in [0.25, 0.3) is 0 Å². The summed E-state index contributed by atoms with van der Waals surface area (Å²) in [6, 6.07) is 4.13. The van der Waals surface area contributed by atoms with E-state index in [1.807, 2.05) is 6.07 Å². The third kappa shape index (κ3) is 3.19. The van der Waals surface area contributed by atoms with Crippen LogP contribution in [0.2, 0.25) is 0 Å². The molecule has 0 unspecified atom stereocenters. The van der Waals surface area contributed by atoms with Crippen LogP contribution in [0.1, 0.15) is 46.2 Å². The maximum Gasteiger partial charge on any atom is 0.274 e. The Balaban J connectivity index is 1.98. The third-order valence-electron chi connectivity index (χ3n) is 3.09. The number of aromatic nitrogens is 2. The summed E-state index contributed by atoms with van der Waals surface area (Å²) in [5.74, 6) is -0.229. The monoisotopic (exact) mass is 292 g/mol. The highest BCUT2D eigenvalue weighted by atomic mass is 32.1. The summed E-state index contributed by atoms with van der Waals surface area (Å²) < 4.78 is 0. The van der Waals surface area contributed by atoms with Crippen molar-refractivity contribution in [3.05, 3.63) is 33.3 Å². The molecule has 0 aliphatic rings. The molecular formula is C14H20N4OS. The standard InChI is InChI=1S/C14H20N4OS/c1-3-5-11-12(15)13(18-17-11)14(19)16-8-10-7-6-9(4-2)20-10/h6-7H,3-5,8,15H2,1-2H3,(H,16,19)(H,17,18). The molecule has 0 spiro atoms. The lowest BCUT2D eigenvalue weighted by Crippen LogP contribution is -2.23. The number of carbonyl (C=O) groups is 1. The lowest BCUT2D eigenvalue weighted by molar-refractivity contribution is 0.0947. The number of amides is 1. The van der Waals surface area contributed by atoms with Crippen molar-refractivity contribution in [3.8, 4) is 0 Å². The molecule has 4 N–H and O–H groups in total. The van der Waals surface area contributed by atoms with Crippen molar-refractivity contribution in [1.82, 2.24) is 15.5 Å². The summed E-state index contributed by atoms with van der Waals surface area (Å²) in [5.41, 5.74) is 7.52. The van der Waals surface area contributed by atoms with Gasteiger partial charge in [-0.25, -0.2) is 0 Å². The Morgan fingerprint density at radius 3 is 2.80 bits per heavy atom. The number of carbonyl (C=O) groups excluding carboxylic acids is 1. The van der Waals surface area contributed by atoms with E-state index in [1.165, 1.54) is 4.88 Å². The summed E-state index contributed by atoms with van der Waals surface area (Å²) in [6.45, 7) is 4.69. The quantitative estimate of drug-likeness (QED) is 0.765. The lowest BCUT2D eigenvalue weighted by atomic mass is 10.2. The fraction of sp³-hybridized carbons (Fsp3) is 0.429. The number of aryl methyl sites for hydroxylation is 2. The van der Waals surface area contributed by atoms with Gasteiger partial charge < -0.3 is 11.1 Å². The van der Waals surface area contributed by atoms with Gasteiger partial charge in [0.25, 0.3) is 5.91 Å². The molecule has 2 aromatic heterocycles. The Kier molecular flexibility index (Phi) is 4.79. The van der Waals surface area contributed by atoms with Gasteiger partial charge in [-0.05, 0) is 25.0 Å². The number of rotatable bonds is 6. The van der Waals surface area contributed by atoms with E-state index in [4.69, 9.17) is 5.73 Å². The van der Waals surface area contributed by atoms with Gasteiger partial charge in [0.1, 0.15) is 0 Å². The SMILES string of the molecule is CCCc1[nH]nc(C(=O)NCc2ccc(CC)s2)c1N. The first kappa shape index (κ1) is 14.6. The number of H-pyrrole nitrogens is 1. The van der Waals surface area contributed by atoms with E-state index in [1.54, 1.807) is 11.3 Å². The molecule has 6 heteroatoms. The zero-order valence-corrected chi connectivity index (χ0v) is 12.6. The van der Waals surface area contributed by atoms with E-state index in [0.29, 0.717) is 17.9 Å². The van der Waals surface area contributed by atoms with Gasteiger partial charge in [0.15, 0.2) is 5.69 Å². The highest BCUT2D eigenvalue weighted by molar-refractivity contribution is 7.11. The number of anilines is 1. The van der Waals surface area contributed by atoms with Crippen molar-refractivity contribution >= 4 is 22.9 Å². The smallest absolute Gasteiger partial charge is 0.274 e. The summed E-state index contributed by atoms with van der Waals surface area (Å²) in [7, 11) is 0. The average molecular weight is 292 g/mol. The van der Waals surface area contributed by atoms with Crippen LogP contribution in [-0.4, -0.2) is 16.1 Å². The second-order valence-corrected chi connectivity index (χ2v) is 5.87. The summed E-state index contributed by atoms with van der Waals surface area (Å²) >= 11 is 1.71. The van der Waals surface area contributed by atoms with E-state index in [-0.39, 0.29) is 5.91 Å². The lowest BCUT2D eigenvalue weighted by Gasteiger charge is -2.02. The molecule has 0 saturated heterocycles. The van der Waals surface area contributed by atoms with Gasteiger partial charge in [0, 0.05) is 9.75 Å². The second kappa shape index (κ2) is 6.56. The maximum absolute atomic E-state index is 12.1. The molecule has 5 nitrogen and oxygen atoms in total. The fourth-order valence-corrected chi connectivity index (χ4v) is 2.86. The number of nitrogens with two attached hydrogens (primary N) is 1. The second-order valence-electron chi connectivity index (χ2n) is 4.62. The molecule has 0 radical (unpaired) electrons. The predicted molar refractivity (Wildman–Crippen MR) is 81.9 cm³/mol. The molecule has 0 saturated carbocycles. The molecule has 0 aliphatic heterocycles. The molecule has 2 rings (SSSR count). The number of nitrogens with one attached hydrogen (secondary N) is 2. The number of hydrogen-bond donors (Lipinski definition) is 3. The van der Waals surface area contributed by atoms with Crippen molar-refractivity contribution in [1.29, 1.82) is 0 Å². The Morgan fingerprint density at radius 2 is 2.15 bits per heavy atom. The average Bonchev–Trinajstić information content (AvgIpc) is 3.04. The Labute approximate surface area is 122 Å². The fourth-order valence-electron chi connectivity index (χ4n) is 1.96.